The third-order valence-electron chi connectivity index (χ3n) is 6.75. The van der Waals surface area contributed by atoms with Gasteiger partial charge in [0.2, 0.25) is 0 Å². The summed E-state index contributed by atoms with van der Waals surface area (Å²) in [6.45, 7) is 0. The maximum absolute atomic E-state index is 13.0. The number of hydrogen-bond acceptors (Lipinski definition) is 8. The Morgan fingerprint density at radius 3 is 1.22 bits per heavy atom. The Bertz CT molecular complexity index is 1970. The zero-order valence-electron chi connectivity index (χ0n) is 25.9. The number of nitrogens with zero attached hydrogens (tertiary/aromatic N) is 9. The molecule has 0 unspecified atom stereocenters. The molecule has 0 aliphatic rings. The summed E-state index contributed by atoms with van der Waals surface area (Å²) in [5.74, 6) is -0.278. The fourth-order valence-corrected chi connectivity index (χ4v) is 4.42. The van der Waals surface area contributed by atoms with Crippen LogP contribution in [-0.4, -0.2) is 44.9 Å². The van der Waals surface area contributed by atoms with E-state index in [0.717, 1.165) is 45.4 Å². The molecule has 0 spiro atoms. The topological polar surface area (TPSA) is 108 Å². The van der Waals surface area contributed by atoms with Crippen molar-refractivity contribution in [1.29, 1.82) is 0 Å². The molecule has 8 aromatic rings. The average molecular weight is 731 g/mol. The Kier molecular flexibility index (Phi) is 12.3. The molecule has 0 radical (unpaired) electrons. The first-order valence-corrected chi connectivity index (χ1v) is 14.9. The molecule has 0 bridgehead atoms. The Morgan fingerprint density at radius 1 is 0.408 bits per heavy atom. The second-order valence-electron chi connectivity index (χ2n) is 10.0. The third kappa shape index (κ3) is 9.66. The number of halogens is 1. The SMILES string of the molecule is Fc1ccc(-c2cn(-c3ccnc(-c4ccccn4)c3)nn2)cc1.[Ru].c1ccc(-c2ccccn2)nc1.c1ccc(-c2ccccn2)nc1. The van der Waals surface area contributed by atoms with Crippen LogP contribution in [0.3, 0.4) is 0 Å². The van der Waals surface area contributed by atoms with E-state index in [4.69, 9.17) is 0 Å². The number of aromatic nitrogens is 9. The summed E-state index contributed by atoms with van der Waals surface area (Å²) in [5.41, 5.74) is 7.51. The Morgan fingerprint density at radius 2 is 0.816 bits per heavy atom. The second kappa shape index (κ2) is 17.7. The molecule has 8 rings (SSSR count). The molecular formula is C38H28FN9Ru. The van der Waals surface area contributed by atoms with Crippen LogP contribution in [0.25, 0.3) is 51.1 Å². The summed E-state index contributed by atoms with van der Waals surface area (Å²) < 4.78 is 14.7. The van der Waals surface area contributed by atoms with Crippen LogP contribution in [0.5, 0.6) is 0 Å². The largest absolute Gasteiger partial charge is 0.255 e. The standard InChI is InChI=1S/C18H12FN5.2C10H8N2.Ru/c19-14-6-4-13(5-7-14)18-12-24(23-22-18)15-8-10-21-17(11-15)16-3-1-2-9-20-16;2*1-3-7-11-9(5-1)10-6-2-4-8-12-10;/h1-12H;2*1-8H;. The monoisotopic (exact) mass is 731 g/mol. The summed E-state index contributed by atoms with van der Waals surface area (Å²) >= 11 is 0. The van der Waals surface area contributed by atoms with Gasteiger partial charge in [0.1, 0.15) is 11.5 Å². The average Bonchev–Trinajstić information content (AvgIpc) is 3.68. The van der Waals surface area contributed by atoms with Gasteiger partial charge in [-0.2, -0.15) is 0 Å². The zero-order chi connectivity index (χ0) is 32.8. The third-order valence-corrected chi connectivity index (χ3v) is 6.75. The molecule has 0 aliphatic carbocycles. The van der Waals surface area contributed by atoms with Crippen LogP contribution >= 0.6 is 0 Å². The molecule has 0 saturated carbocycles. The Balaban J connectivity index is 0.000000157. The van der Waals surface area contributed by atoms with E-state index in [1.165, 1.54) is 12.1 Å². The van der Waals surface area contributed by atoms with Gasteiger partial charge < -0.3 is 0 Å². The maximum Gasteiger partial charge on any atom is 0.123 e. The molecule has 0 saturated heterocycles. The van der Waals surface area contributed by atoms with Gasteiger partial charge >= 0.3 is 0 Å². The van der Waals surface area contributed by atoms with E-state index in [1.807, 2.05) is 103 Å². The molecule has 0 atom stereocenters. The number of hydrogen-bond donors (Lipinski definition) is 0. The van der Waals surface area contributed by atoms with Crippen molar-refractivity contribution in [3.8, 4) is 51.1 Å². The zero-order valence-corrected chi connectivity index (χ0v) is 27.7. The van der Waals surface area contributed by atoms with Gasteiger partial charge in [0.05, 0.1) is 46.0 Å². The first-order valence-electron chi connectivity index (χ1n) is 14.9. The Hall–Kier alpha value is -6.19. The minimum absolute atomic E-state index is 0. The smallest absolute Gasteiger partial charge is 0.123 e. The van der Waals surface area contributed by atoms with Crippen LogP contribution in [0.1, 0.15) is 0 Å². The van der Waals surface area contributed by atoms with Crippen LogP contribution in [0, 0.1) is 5.82 Å². The van der Waals surface area contributed by atoms with Crippen molar-refractivity contribution in [3.05, 3.63) is 177 Å². The van der Waals surface area contributed by atoms with Gasteiger partial charge in [-0.1, -0.05) is 35.5 Å². The molecular weight excluding hydrogens is 703 g/mol. The van der Waals surface area contributed by atoms with Crippen molar-refractivity contribution in [2.24, 2.45) is 0 Å². The van der Waals surface area contributed by atoms with Crippen LogP contribution in [0.15, 0.2) is 171 Å². The van der Waals surface area contributed by atoms with E-state index < -0.39 is 0 Å². The fourth-order valence-electron chi connectivity index (χ4n) is 4.42. The predicted octanol–water partition coefficient (Wildman–Crippen LogP) is 7.82. The summed E-state index contributed by atoms with van der Waals surface area (Å²) in [4.78, 5) is 25.4. The van der Waals surface area contributed by atoms with Gasteiger partial charge in [0.15, 0.2) is 0 Å². The summed E-state index contributed by atoms with van der Waals surface area (Å²) in [7, 11) is 0. The van der Waals surface area contributed by atoms with Gasteiger partial charge in [0, 0.05) is 62.2 Å². The van der Waals surface area contributed by atoms with E-state index in [9.17, 15) is 4.39 Å². The van der Waals surface area contributed by atoms with E-state index >= 15 is 0 Å². The quantitative estimate of drug-likeness (QED) is 0.165. The molecule has 7 heterocycles. The number of pyridine rings is 6. The molecule has 9 nitrogen and oxygen atoms in total. The first kappa shape index (κ1) is 34.2. The van der Waals surface area contributed by atoms with E-state index in [0.29, 0.717) is 5.69 Å². The molecule has 0 fully saturated rings. The normalized spacial score (nSPS) is 9.98. The van der Waals surface area contributed by atoms with Crippen LogP contribution in [0.2, 0.25) is 0 Å². The van der Waals surface area contributed by atoms with Gasteiger partial charge in [-0.05, 0) is 97.1 Å². The van der Waals surface area contributed by atoms with Crippen molar-refractivity contribution < 1.29 is 23.9 Å². The van der Waals surface area contributed by atoms with E-state index in [-0.39, 0.29) is 25.3 Å². The summed E-state index contributed by atoms with van der Waals surface area (Å²) in [6, 6.07) is 38.8. The van der Waals surface area contributed by atoms with Crippen LogP contribution in [0.4, 0.5) is 4.39 Å². The fraction of sp³-hybridized carbons (Fsp3) is 0. The number of benzene rings is 1. The van der Waals surface area contributed by atoms with Gasteiger partial charge in [0.25, 0.3) is 0 Å². The van der Waals surface area contributed by atoms with Crippen molar-refractivity contribution in [2.75, 3.05) is 0 Å². The van der Waals surface area contributed by atoms with Gasteiger partial charge in [-0.3, -0.25) is 29.9 Å². The molecule has 240 valence electrons. The maximum atomic E-state index is 13.0. The van der Waals surface area contributed by atoms with Crippen LogP contribution < -0.4 is 0 Å². The molecule has 0 aliphatic heterocycles. The van der Waals surface area contributed by atoms with Crippen molar-refractivity contribution in [2.45, 2.75) is 0 Å². The van der Waals surface area contributed by atoms with Crippen molar-refractivity contribution in [3.63, 3.8) is 0 Å². The minimum atomic E-state index is -0.278. The molecule has 0 amide bonds. The number of rotatable bonds is 5. The molecule has 11 heteroatoms. The van der Waals surface area contributed by atoms with Crippen molar-refractivity contribution in [1.82, 2.24) is 44.9 Å². The summed E-state index contributed by atoms with van der Waals surface area (Å²) in [5, 5.41) is 8.29. The first-order chi connectivity index (χ1) is 23.7. The van der Waals surface area contributed by atoms with E-state index in [1.54, 1.807) is 60.2 Å². The predicted molar refractivity (Wildman–Crippen MR) is 183 cm³/mol. The molecule has 0 N–H and O–H groups in total. The Labute approximate surface area is 295 Å². The molecule has 7 aromatic heterocycles. The van der Waals surface area contributed by atoms with Crippen molar-refractivity contribution >= 4 is 0 Å². The minimum Gasteiger partial charge on any atom is -0.255 e. The van der Waals surface area contributed by atoms with Gasteiger partial charge in [-0.15, -0.1) is 5.10 Å². The molecule has 1 aromatic carbocycles. The van der Waals surface area contributed by atoms with Gasteiger partial charge in [-0.25, -0.2) is 9.07 Å². The van der Waals surface area contributed by atoms with E-state index in [2.05, 4.69) is 40.2 Å². The second-order valence-corrected chi connectivity index (χ2v) is 10.0. The summed E-state index contributed by atoms with van der Waals surface area (Å²) in [6.07, 6.45) is 12.3. The van der Waals surface area contributed by atoms with Crippen LogP contribution in [-0.2, 0) is 19.5 Å². The molecule has 49 heavy (non-hydrogen) atoms.